The Bertz CT molecular complexity index is 436. The van der Waals surface area contributed by atoms with Crippen LogP contribution in [-0.2, 0) is 11.3 Å². The van der Waals surface area contributed by atoms with Crippen LogP contribution in [0.4, 0.5) is 5.69 Å². The third kappa shape index (κ3) is 2.63. The number of aryl methyl sites for hydroxylation is 1. The molecule has 3 heteroatoms. The molecule has 0 heterocycles. The number of carbonyl (C=O) groups is 1. The quantitative estimate of drug-likeness (QED) is 0.603. The maximum absolute atomic E-state index is 11.4. The molecule has 1 aromatic rings. The number of nitrogens with one attached hydrogen (secondary N) is 1. The number of rotatable bonds is 3. The van der Waals surface area contributed by atoms with E-state index in [1.165, 1.54) is 0 Å². The van der Waals surface area contributed by atoms with Crippen molar-refractivity contribution in [3.63, 3.8) is 0 Å². The van der Waals surface area contributed by atoms with Gasteiger partial charge in [0.05, 0.1) is 0 Å². The van der Waals surface area contributed by atoms with Crippen molar-refractivity contribution in [2.45, 2.75) is 27.3 Å². The Balaban J connectivity index is 2.85. The minimum absolute atomic E-state index is 0.124. The van der Waals surface area contributed by atoms with E-state index in [4.69, 9.17) is 5.73 Å². The van der Waals surface area contributed by atoms with Crippen LogP contribution in [0.2, 0.25) is 0 Å². The van der Waals surface area contributed by atoms with Crippen LogP contribution in [0.3, 0.4) is 0 Å². The fraction of sp³-hybridized carbons (Fsp3) is 0.308. The van der Waals surface area contributed by atoms with Gasteiger partial charge in [-0.15, -0.1) is 0 Å². The molecule has 86 valence electrons. The Morgan fingerprint density at radius 3 is 2.62 bits per heavy atom. The minimum Gasteiger partial charge on any atom is -0.399 e. The first-order valence-corrected chi connectivity index (χ1v) is 5.21. The predicted octanol–water partition coefficient (Wildman–Crippen LogP) is 2.08. The molecule has 0 fully saturated rings. The first kappa shape index (κ1) is 12.3. The summed E-state index contributed by atoms with van der Waals surface area (Å²) in [6.45, 7) is 9.75. The average Bonchev–Trinajstić information content (AvgIpc) is 2.23. The van der Waals surface area contributed by atoms with E-state index in [1.54, 1.807) is 6.92 Å². The number of amides is 1. The second-order valence-corrected chi connectivity index (χ2v) is 4.04. The Morgan fingerprint density at radius 2 is 2.06 bits per heavy atom. The van der Waals surface area contributed by atoms with Crippen molar-refractivity contribution in [3.05, 3.63) is 41.0 Å². The molecule has 0 radical (unpaired) electrons. The van der Waals surface area contributed by atoms with Crippen molar-refractivity contribution in [2.24, 2.45) is 0 Å². The molecule has 1 rings (SSSR count). The fourth-order valence-corrected chi connectivity index (χ4v) is 1.50. The fourth-order valence-electron chi connectivity index (χ4n) is 1.50. The number of carbonyl (C=O) groups excluding carboxylic acids is 1. The van der Waals surface area contributed by atoms with Crippen LogP contribution in [0.25, 0.3) is 0 Å². The monoisotopic (exact) mass is 218 g/mol. The van der Waals surface area contributed by atoms with Crippen molar-refractivity contribution in [3.8, 4) is 0 Å². The standard InChI is InChI=1S/C13H18N2O/c1-8(2)13(16)15-7-11-9(3)5-6-12(14)10(11)4/h5-6H,1,7,14H2,2-4H3,(H,15,16). The molecule has 0 saturated heterocycles. The van der Waals surface area contributed by atoms with E-state index in [-0.39, 0.29) is 5.91 Å². The third-order valence-electron chi connectivity index (χ3n) is 2.69. The SMILES string of the molecule is C=C(C)C(=O)NCc1c(C)ccc(N)c1C. The number of benzene rings is 1. The van der Waals surface area contributed by atoms with Crippen molar-refractivity contribution < 1.29 is 4.79 Å². The lowest BCUT2D eigenvalue weighted by Crippen LogP contribution is -2.24. The summed E-state index contributed by atoms with van der Waals surface area (Å²) >= 11 is 0. The zero-order valence-corrected chi connectivity index (χ0v) is 10.1. The molecule has 0 atom stereocenters. The number of hydrogen-bond acceptors (Lipinski definition) is 2. The summed E-state index contributed by atoms with van der Waals surface area (Å²) in [6, 6.07) is 3.85. The lowest BCUT2D eigenvalue weighted by molar-refractivity contribution is -0.117. The van der Waals surface area contributed by atoms with Crippen molar-refractivity contribution in [1.29, 1.82) is 0 Å². The van der Waals surface area contributed by atoms with Gasteiger partial charge in [0.1, 0.15) is 0 Å². The molecular weight excluding hydrogens is 200 g/mol. The highest BCUT2D eigenvalue weighted by molar-refractivity contribution is 5.92. The normalized spacial score (nSPS) is 9.94. The molecule has 1 aromatic carbocycles. The van der Waals surface area contributed by atoms with Crippen LogP contribution in [0.5, 0.6) is 0 Å². The first-order valence-electron chi connectivity index (χ1n) is 5.21. The van der Waals surface area contributed by atoms with Crippen LogP contribution in [0.15, 0.2) is 24.3 Å². The van der Waals surface area contributed by atoms with Gasteiger partial charge in [-0.1, -0.05) is 12.6 Å². The van der Waals surface area contributed by atoms with E-state index in [0.29, 0.717) is 12.1 Å². The minimum atomic E-state index is -0.124. The van der Waals surface area contributed by atoms with E-state index in [9.17, 15) is 4.79 Å². The van der Waals surface area contributed by atoms with Gasteiger partial charge in [0.2, 0.25) is 5.91 Å². The lowest BCUT2D eigenvalue weighted by Gasteiger charge is -2.13. The predicted molar refractivity (Wildman–Crippen MR) is 67.0 cm³/mol. The molecular formula is C13H18N2O. The van der Waals surface area contributed by atoms with E-state index in [1.807, 2.05) is 26.0 Å². The van der Waals surface area contributed by atoms with Crippen LogP contribution in [0, 0.1) is 13.8 Å². The second-order valence-electron chi connectivity index (χ2n) is 4.04. The van der Waals surface area contributed by atoms with Crippen LogP contribution >= 0.6 is 0 Å². The molecule has 0 bridgehead atoms. The summed E-state index contributed by atoms with van der Waals surface area (Å²) in [5.41, 5.74) is 10.3. The summed E-state index contributed by atoms with van der Waals surface area (Å²) in [5, 5.41) is 2.81. The molecule has 1 amide bonds. The topological polar surface area (TPSA) is 55.1 Å². The number of hydrogen-bond donors (Lipinski definition) is 2. The first-order chi connectivity index (χ1) is 7.43. The Labute approximate surface area is 96.3 Å². The zero-order valence-electron chi connectivity index (χ0n) is 10.1. The van der Waals surface area contributed by atoms with E-state index in [2.05, 4.69) is 11.9 Å². The number of nitrogens with two attached hydrogens (primary N) is 1. The van der Waals surface area contributed by atoms with E-state index in [0.717, 1.165) is 22.4 Å². The molecule has 0 saturated carbocycles. The Hall–Kier alpha value is -1.77. The lowest BCUT2D eigenvalue weighted by atomic mass is 10.0. The Morgan fingerprint density at radius 1 is 1.44 bits per heavy atom. The summed E-state index contributed by atoms with van der Waals surface area (Å²) in [5.74, 6) is -0.124. The maximum atomic E-state index is 11.4. The van der Waals surface area contributed by atoms with Crippen molar-refractivity contribution in [2.75, 3.05) is 5.73 Å². The second kappa shape index (κ2) is 4.84. The molecule has 3 nitrogen and oxygen atoms in total. The van der Waals surface area contributed by atoms with Gasteiger partial charge in [-0.25, -0.2) is 0 Å². The highest BCUT2D eigenvalue weighted by Gasteiger charge is 2.07. The number of anilines is 1. The molecule has 0 aliphatic heterocycles. The van der Waals surface area contributed by atoms with Crippen LogP contribution in [-0.4, -0.2) is 5.91 Å². The van der Waals surface area contributed by atoms with Crippen LogP contribution in [0.1, 0.15) is 23.6 Å². The zero-order chi connectivity index (χ0) is 12.3. The smallest absolute Gasteiger partial charge is 0.246 e. The molecule has 0 aliphatic rings. The van der Waals surface area contributed by atoms with Gasteiger partial charge >= 0.3 is 0 Å². The molecule has 0 aliphatic carbocycles. The van der Waals surface area contributed by atoms with Gasteiger partial charge < -0.3 is 11.1 Å². The van der Waals surface area contributed by atoms with Gasteiger partial charge in [-0.3, -0.25) is 4.79 Å². The van der Waals surface area contributed by atoms with Gasteiger partial charge in [0, 0.05) is 17.8 Å². The molecule has 16 heavy (non-hydrogen) atoms. The highest BCUT2D eigenvalue weighted by Crippen LogP contribution is 2.19. The van der Waals surface area contributed by atoms with Crippen molar-refractivity contribution >= 4 is 11.6 Å². The van der Waals surface area contributed by atoms with Crippen molar-refractivity contribution in [1.82, 2.24) is 5.32 Å². The van der Waals surface area contributed by atoms with Gasteiger partial charge in [-0.2, -0.15) is 0 Å². The summed E-state index contributed by atoms with van der Waals surface area (Å²) < 4.78 is 0. The maximum Gasteiger partial charge on any atom is 0.246 e. The van der Waals surface area contributed by atoms with Gasteiger partial charge in [0.25, 0.3) is 0 Å². The third-order valence-corrected chi connectivity index (χ3v) is 2.69. The molecule has 0 aromatic heterocycles. The number of nitrogen functional groups attached to an aromatic ring is 1. The summed E-state index contributed by atoms with van der Waals surface area (Å²) in [6.07, 6.45) is 0. The molecule has 0 unspecified atom stereocenters. The Kier molecular flexibility index (Phi) is 3.72. The van der Waals surface area contributed by atoms with Gasteiger partial charge in [-0.05, 0) is 43.5 Å². The van der Waals surface area contributed by atoms with Gasteiger partial charge in [0.15, 0.2) is 0 Å². The highest BCUT2D eigenvalue weighted by atomic mass is 16.1. The average molecular weight is 218 g/mol. The van der Waals surface area contributed by atoms with E-state index >= 15 is 0 Å². The molecule has 3 N–H and O–H groups in total. The van der Waals surface area contributed by atoms with E-state index < -0.39 is 0 Å². The van der Waals surface area contributed by atoms with Crippen LogP contribution < -0.4 is 11.1 Å². The molecule has 0 spiro atoms. The largest absolute Gasteiger partial charge is 0.399 e. The summed E-state index contributed by atoms with van der Waals surface area (Å²) in [7, 11) is 0. The summed E-state index contributed by atoms with van der Waals surface area (Å²) in [4.78, 5) is 11.4.